The summed E-state index contributed by atoms with van der Waals surface area (Å²) >= 11 is 1.80. The summed E-state index contributed by atoms with van der Waals surface area (Å²) in [5.41, 5.74) is 6.02. The average molecular weight is 226 g/mol. The van der Waals surface area contributed by atoms with E-state index < -0.39 is 0 Å². The maximum Gasteiger partial charge on any atom is 0.0305 e. The molecule has 1 rings (SSSR count). The smallest absolute Gasteiger partial charge is 0.0305 e. The van der Waals surface area contributed by atoms with Gasteiger partial charge >= 0.3 is 0 Å². The first-order chi connectivity index (χ1) is 7.26. The zero-order valence-corrected chi connectivity index (χ0v) is 10.6. The van der Waals surface area contributed by atoms with Crippen molar-refractivity contribution in [1.29, 1.82) is 0 Å². The molecule has 1 heterocycles. The Morgan fingerprint density at radius 1 is 1.47 bits per heavy atom. The van der Waals surface area contributed by atoms with Gasteiger partial charge in [0.1, 0.15) is 0 Å². The van der Waals surface area contributed by atoms with Crippen LogP contribution >= 0.6 is 11.3 Å². The minimum absolute atomic E-state index is 0.138. The molecule has 1 aromatic heterocycles. The van der Waals surface area contributed by atoms with Gasteiger partial charge in [-0.15, -0.1) is 11.3 Å². The molecule has 1 aromatic rings. The summed E-state index contributed by atoms with van der Waals surface area (Å²) < 4.78 is 0. The van der Waals surface area contributed by atoms with E-state index >= 15 is 0 Å². The fourth-order valence-corrected chi connectivity index (χ4v) is 2.52. The molecule has 1 unspecified atom stereocenters. The van der Waals surface area contributed by atoms with Crippen LogP contribution in [0.2, 0.25) is 0 Å². The number of rotatable bonds is 7. The van der Waals surface area contributed by atoms with Crippen LogP contribution in [0.1, 0.15) is 38.0 Å². The van der Waals surface area contributed by atoms with Crippen molar-refractivity contribution in [1.82, 2.24) is 5.32 Å². The first kappa shape index (κ1) is 12.7. The highest BCUT2D eigenvalue weighted by molar-refractivity contribution is 7.09. The van der Waals surface area contributed by atoms with Gasteiger partial charge in [-0.25, -0.2) is 0 Å². The van der Waals surface area contributed by atoms with E-state index in [2.05, 4.69) is 36.7 Å². The molecule has 3 heteroatoms. The van der Waals surface area contributed by atoms with Crippen molar-refractivity contribution in [2.75, 3.05) is 6.54 Å². The SMILES string of the molecule is CCCC(CC)(CN)NCc1cccs1. The molecule has 0 saturated carbocycles. The fraction of sp³-hybridized carbons (Fsp3) is 0.667. The van der Waals surface area contributed by atoms with Crippen molar-refractivity contribution < 1.29 is 0 Å². The summed E-state index contributed by atoms with van der Waals surface area (Å²) in [6.07, 6.45) is 3.44. The van der Waals surface area contributed by atoms with Crippen LogP contribution < -0.4 is 11.1 Å². The van der Waals surface area contributed by atoms with Crippen molar-refractivity contribution >= 4 is 11.3 Å². The van der Waals surface area contributed by atoms with Gasteiger partial charge in [-0.2, -0.15) is 0 Å². The first-order valence-electron chi connectivity index (χ1n) is 5.74. The summed E-state index contributed by atoms with van der Waals surface area (Å²) in [6, 6.07) is 4.26. The van der Waals surface area contributed by atoms with Gasteiger partial charge in [0.05, 0.1) is 0 Å². The Balaban J connectivity index is 2.50. The first-order valence-corrected chi connectivity index (χ1v) is 6.62. The normalized spacial score (nSPS) is 15.1. The molecule has 0 aromatic carbocycles. The van der Waals surface area contributed by atoms with E-state index in [0.717, 1.165) is 25.9 Å². The predicted molar refractivity (Wildman–Crippen MR) is 68.1 cm³/mol. The number of nitrogens with two attached hydrogens (primary N) is 1. The number of thiophene rings is 1. The van der Waals surface area contributed by atoms with Crippen LogP contribution in [0.4, 0.5) is 0 Å². The average Bonchev–Trinajstić information content (AvgIpc) is 2.77. The molecule has 2 nitrogen and oxygen atoms in total. The molecular formula is C12H22N2S. The quantitative estimate of drug-likeness (QED) is 0.750. The van der Waals surface area contributed by atoms with E-state index in [9.17, 15) is 0 Å². The van der Waals surface area contributed by atoms with Crippen LogP contribution in [0, 0.1) is 0 Å². The van der Waals surface area contributed by atoms with E-state index in [0.29, 0.717) is 0 Å². The van der Waals surface area contributed by atoms with Gasteiger partial charge in [-0.05, 0) is 24.3 Å². The molecule has 0 spiro atoms. The summed E-state index contributed by atoms with van der Waals surface area (Å²) in [5.74, 6) is 0. The second kappa shape index (κ2) is 6.26. The van der Waals surface area contributed by atoms with Crippen molar-refractivity contribution in [3.05, 3.63) is 22.4 Å². The highest BCUT2D eigenvalue weighted by Crippen LogP contribution is 2.18. The Morgan fingerprint density at radius 2 is 2.27 bits per heavy atom. The van der Waals surface area contributed by atoms with Crippen LogP contribution in [0.3, 0.4) is 0 Å². The lowest BCUT2D eigenvalue weighted by Gasteiger charge is -2.32. The van der Waals surface area contributed by atoms with Crippen LogP contribution in [0.5, 0.6) is 0 Å². The Kier molecular flexibility index (Phi) is 5.29. The van der Waals surface area contributed by atoms with E-state index in [-0.39, 0.29) is 5.54 Å². The molecule has 0 fully saturated rings. The summed E-state index contributed by atoms with van der Waals surface area (Å²) in [5, 5.41) is 5.74. The molecule has 0 aliphatic heterocycles. The van der Waals surface area contributed by atoms with Crippen molar-refractivity contribution in [3.63, 3.8) is 0 Å². The molecule has 3 N–H and O–H groups in total. The van der Waals surface area contributed by atoms with Crippen LogP contribution in [-0.2, 0) is 6.54 Å². The summed E-state index contributed by atoms with van der Waals surface area (Å²) in [7, 11) is 0. The van der Waals surface area contributed by atoms with E-state index in [4.69, 9.17) is 5.73 Å². The Hall–Kier alpha value is -0.380. The van der Waals surface area contributed by atoms with Gasteiger partial charge in [0.2, 0.25) is 0 Å². The third-order valence-corrected chi connectivity index (χ3v) is 3.89. The molecule has 15 heavy (non-hydrogen) atoms. The largest absolute Gasteiger partial charge is 0.329 e. The van der Waals surface area contributed by atoms with E-state index in [1.807, 2.05) is 0 Å². The van der Waals surface area contributed by atoms with E-state index in [1.165, 1.54) is 11.3 Å². The third-order valence-electron chi connectivity index (χ3n) is 3.01. The number of hydrogen-bond acceptors (Lipinski definition) is 3. The highest BCUT2D eigenvalue weighted by Gasteiger charge is 2.24. The molecule has 0 bridgehead atoms. The van der Waals surface area contributed by atoms with Crippen molar-refractivity contribution in [2.45, 2.75) is 45.2 Å². The van der Waals surface area contributed by atoms with Crippen molar-refractivity contribution in [3.8, 4) is 0 Å². The van der Waals surface area contributed by atoms with Gasteiger partial charge in [0.15, 0.2) is 0 Å². The zero-order valence-electron chi connectivity index (χ0n) is 9.75. The lowest BCUT2D eigenvalue weighted by atomic mass is 9.90. The third kappa shape index (κ3) is 3.59. The lowest BCUT2D eigenvalue weighted by Crippen LogP contribution is -2.50. The molecule has 86 valence electrons. The van der Waals surface area contributed by atoms with Crippen LogP contribution in [-0.4, -0.2) is 12.1 Å². The molecule has 0 aliphatic rings. The number of nitrogens with one attached hydrogen (secondary N) is 1. The molecule has 0 radical (unpaired) electrons. The predicted octanol–water partition coefficient (Wildman–Crippen LogP) is 2.75. The topological polar surface area (TPSA) is 38.0 Å². The Morgan fingerprint density at radius 3 is 2.73 bits per heavy atom. The monoisotopic (exact) mass is 226 g/mol. The van der Waals surface area contributed by atoms with Crippen LogP contribution in [0.15, 0.2) is 17.5 Å². The van der Waals surface area contributed by atoms with Gasteiger partial charge in [-0.1, -0.05) is 26.3 Å². The maximum absolute atomic E-state index is 5.88. The fourth-order valence-electron chi connectivity index (χ4n) is 1.88. The molecular weight excluding hydrogens is 204 g/mol. The van der Waals surface area contributed by atoms with Gasteiger partial charge in [0.25, 0.3) is 0 Å². The minimum Gasteiger partial charge on any atom is -0.329 e. The van der Waals surface area contributed by atoms with Gasteiger partial charge < -0.3 is 11.1 Å². The number of hydrogen-bond donors (Lipinski definition) is 2. The van der Waals surface area contributed by atoms with Gasteiger partial charge in [-0.3, -0.25) is 0 Å². The second-order valence-electron chi connectivity index (χ2n) is 4.02. The second-order valence-corrected chi connectivity index (χ2v) is 5.05. The summed E-state index contributed by atoms with van der Waals surface area (Å²) in [6.45, 7) is 6.10. The Bertz CT molecular complexity index is 253. The molecule has 0 amide bonds. The lowest BCUT2D eigenvalue weighted by molar-refractivity contribution is 0.294. The van der Waals surface area contributed by atoms with Crippen molar-refractivity contribution in [2.24, 2.45) is 5.73 Å². The Labute approximate surface area is 96.9 Å². The standard InChI is InChI=1S/C12H22N2S/c1-3-7-12(4-2,10-13)14-9-11-6-5-8-15-11/h5-6,8,14H,3-4,7,9-10,13H2,1-2H3. The molecule has 1 atom stereocenters. The van der Waals surface area contributed by atoms with E-state index in [1.54, 1.807) is 11.3 Å². The summed E-state index contributed by atoms with van der Waals surface area (Å²) in [4.78, 5) is 1.39. The maximum atomic E-state index is 5.88. The van der Waals surface area contributed by atoms with Crippen LogP contribution in [0.25, 0.3) is 0 Å². The molecule has 0 saturated heterocycles. The van der Waals surface area contributed by atoms with Gasteiger partial charge in [0, 0.05) is 23.5 Å². The zero-order chi connectivity index (χ0) is 11.1. The molecule has 0 aliphatic carbocycles. The minimum atomic E-state index is 0.138. The highest BCUT2D eigenvalue weighted by atomic mass is 32.1.